The molecule has 0 saturated carbocycles. The van der Waals surface area contributed by atoms with E-state index in [1.54, 1.807) is 0 Å². The van der Waals surface area contributed by atoms with Gasteiger partial charge in [-0.15, -0.1) is 0 Å². The van der Waals surface area contributed by atoms with E-state index < -0.39 is 0 Å². The standard InChI is InChI=1S/C12H20N4/c1-10(2)9-11-14-4-3-12(15-11)16-7-5-13-6-8-16/h3-4,10,13H,5-9H2,1-2H3. The minimum absolute atomic E-state index is 0.610. The third-order valence-electron chi connectivity index (χ3n) is 2.72. The molecule has 2 rings (SSSR count). The van der Waals surface area contributed by atoms with Crippen LogP contribution in [0.15, 0.2) is 12.3 Å². The van der Waals surface area contributed by atoms with E-state index in [-0.39, 0.29) is 0 Å². The molecule has 1 fully saturated rings. The zero-order chi connectivity index (χ0) is 11.4. The molecule has 0 unspecified atom stereocenters. The molecule has 1 saturated heterocycles. The topological polar surface area (TPSA) is 41.1 Å². The van der Waals surface area contributed by atoms with Crippen LogP contribution < -0.4 is 10.2 Å². The van der Waals surface area contributed by atoms with Gasteiger partial charge in [-0.1, -0.05) is 13.8 Å². The van der Waals surface area contributed by atoms with E-state index in [0.717, 1.165) is 44.2 Å². The lowest BCUT2D eigenvalue weighted by Crippen LogP contribution is -2.44. The summed E-state index contributed by atoms with van der Waals surface area (Å²) in [5.41, 5.74) is 0. The largest absolute Gasteiger partial charge is 0.354 e. The smallest absolute Gasteiger partial charge is 0.132 e. The van der Waals surface area contributed by atoms with Gasteiger partial charge in [0.1, 0.15) is 11.6 Å². The predicted molar refractivity (Wildman–Crippen MR) is 65.7 cm³/mol. The first-order valence-corrected chi connectivity index (χ1v) is 6.03. The van der Waals surface area contributed by atoms with Crippen molar-refractivity contribution in [3.05, 3.63) is 18.1 Å². The van der Waals surface area contributed by atoms with Crippen molar-refractivity contribution in [1.82, 2.24) is 15.3 Å². The van der Waals surface area contributed by atoms with E-state index in [9.17, 15) is 0 Å². The van der Waals surface area contributed by atoms with Gasteiger partial charge >= 0.3 is 0 Å². The Kier molecular flexibility index (Phi) is 3.72. The van der Waals surface area contributed by atoms with Crippen LogP contribution in [0.25, 0.3) is 0 Å². The molecule has 4 nitrogen and oxygen atoms in total. The van der Waals surface area contributed by atoms with Crippen LogP contribution in [0.2, 0.25) is 0 Å². The van der Waals surface area contributed by atoms with Crippen molar-refractivity contribution in [2.45, 2.75) is 20.3 Å². The van der Waals surface area contributed by atoms with E-state index in [1.165, 1.54) is 0 Å². The molecule has 1 N–H and O–H groups in total. The number of nitrogens with zero attached hydrogens (tertiary/aromatic N) is 3. The zero-order valence-electron chi connectivity index (χ0n) is 10.1. The first kappa shape index (κ1) is 11.3. The lowest BCUT2D eigenvalue weighted by atomic mass is 10.1. The Morgan fingerprint density at radius 1 is 1.38 bits per heavy atom. The fourth-order valence-corrected chi connectivity index (χ4v) is 1.92. The molecule has 88 valence electrons. The number of hydrogen-bond donors (Lipinski definition) is 1. The van der Waals surface area contributed by atoms with Crippen molar-refractivity contribution >= 4 is 5.82 Å². The van der Waals surface area contributed by atoms with Crippen LogP contribution in [0.4, 0.5) is 5.82 Å². The van der Waals surface area contributed by atoms with Crippen molar-refractivity contribution < 1.29 is 0 Å². The number of nitrogens with one attached hydrogen (secondary N) is 1. The molecule has 0 aliphatic carbocycles. The number of anilines is 1. The van der Waals surface area contributed by atoms with Gasteiger partial charge in [0.2, 0.25) is 0 Å². The van der Waals surface area contributed by atoms with Crippen LogP contribution in [0.3, 0.4) is 0 Å². The second-order valence-corrected chi connectivity index (χ2v) is 4.67. The third-order valence-corrected chi connectivity index (χ3v) is 2.72. The summed E-state index contributed by atoms with van der Waals surface area (Å²) in [6.07, 6.45) is 2.84. The molecule has 1 aliphatic heterocycles. The molecule has 0 radical (unpaired) electrons. The van der Waals surface area contributed by atoms with Gasteiger partial charge in [0.25, 0.3) is 0 Å². The van der Waals surface area contributed by atoms with Crippen molar-refractivity contribution in [3.63, 3.8) is 0 Å². The molecule has 1 aromatic rings. The molecule has 1 aromatic heterocycles. The molecular weight excluding hydrogens is 200 g/mol. The average Bonchev–Trinajstić information content (AvgIpc) is 2.30. The van der Waals surface area contributed by atoms with Crippen LogP contribution in [0.1, 0.15) is 19.7 Å². The fourth-order valence-electron chi connectivity index (χ4n) is 1.92. The maximum atomic E-state index is 4.62. The van der Waals surface area contributed by atoms with Gasteiger partial charge in [-0.05, 0) is 12.0 Å². The fraction of sp³-hybridized carbons (Fsp3) is 0.667. The maximum absolute atomic E-state index is 4.62. The highest BCUT2D eigenvalue weighted by molar-refractivity contribution is 5.38. The van der Waals surface area contributed by atoms with Crippen LogP contribution in [0, 0.1) is 5.92 Å². The van der Waals surface area contributed by atoms with Gasteiger partial charge < -0.3 is 10.2 Å². The Labute approximate surface area is 97.1 Å². The van der Waals surface area contributed by atoms with E-state index >= 15 is 0 Å². The summed E-state index contributed by atoms with van der Waals surface area (Å²) < 4.78 is 0. The van der Waals surface area contributed by atoms with E-state index in [2.05, 4.69) is 34.0 Å². The molecule has 0 atom stereocenters. The highest BCUT2D eigenvalue weighted by atomic mass is 15.2. The number of hydrogen-bond acceptors (Lipinski definition) is 4. The van der Waals surface area contributed by atoms with E-state index in [4.69, 9.17) is 0 Å². The first-order valence-electron chi connectivity index (χ1n) is 6.03. The quantitative estimate of drug-likeness (QED) is 0.827. The van der Waals surface area contributed by atoms with Gasteiger partial charge in [0.05, 0.1) is 0 Å². The molecule has 0 bridgehead atoms. The third kappa shape index (κ3) is 2.92. The summed E-state index contributed by atoms with van der Waals surface area (Å²) in [5.74, 6) is 2.65. The van der Waals surface area contributed by atoms with Crippen LogP contribution in [0.5, 0.6) is 0 Å². The lowest BCUT2D eigenvalue weighted by Gasteiger charge is -2.28. The number of piperazine rings is 1. The number of aromatic nitrogens is 2. The summed E-state index contributed by atoms with van der Waals surface area (Å²) in [6.45, 7) is 8.56. The minimum atomic E-state index is 0.610. The molecule has 1 aliphatic rings. The number of rotatable bonds is 3. The Hall–Kier alpha value is -1.16. The monoisotopic (exact) mass is 220 g/mol. The SMILES string of the molecule is CC(C)Cc1nccc(N2CCNCC2)n1. The molecule has 2 heterocycles. The highest BCUT2D eigenvalue weighted by Gasteiger charge is 2.12. The second-order valence-electron chi connectivity index (χ2n) is 4.67. The van der Waals surface area contributed by atoms with Gasteiger partial charge in [-0.2, -0.15) is 0 Å². The molecule has 0 aromatic carbocycles. The summed E-state index contributed by atoms with van der Waals surface area (Å²) >= 11 is 0. The molecule has 16 heavy (non-hydrogen) atoms. The summed E-state index contributed by atoms with van der Waals surface area (Å²) in [5, 5.41) is 3.35. The normalized spacial score (nSPS) is 16.8. The Bertz CT molecular complexity index is 332. The Morgan fingerprint density at radius 3 is 2.81 bits per heavy atom. The van der Waals surface area contributed by atoms with Crippen molar-refractivity contribution in [2.24, 2.45) is 5.92 Å². The van der Waals surface area contributed by atoms with Crippen molar-refractivity contribution in [1.29, 1.82) is 0 Å². The van der Waals surface area contributed by atoms with E-state index in [0.29, 0.717) is 5.92 Å². The zero-order valence-corrected chi connectivity index (χ0v) is 10.1. The molecule has 0 spiro atoms. The predicted octanol–water partition coefficient (Wildman–Crippen LogP) is 1.08. The van der Waals surface area contributed by atoms with Gasteiger partial charge in [-0.3, -0.25) is 0 Å². The van der Waals surface area contributed by atoms with Crippen LogP contribution in [-0.4, -0.2) is 36.1 Å². The van der Waals surface area contributed by atoms with Gasteiger partial charge in [0.15, 0.2) is 0 Å². The average molecular weight is 220 g/mol. The van der Waals surface area contributed by atoms with Crippen molar-refractivity contribution in [2.75, 3.05) is 31.1 Å². The van der Waals surface area contributed by atoms with Gasteiger partial charge in [0, 0.05) is 38.8 Å². The maximum Gasteiger partial charge on any atom is 0.132 e. The molecular formula is C12H20N4. The minimum Gasteiger partial charge on any atom is -0.354 e. The summed E-state index contributed by atoms with van der Waals surface area (Å²) in [4.78, 5) is 11.3. The Morgan fingerprint density at radius 2 is 2.12 bits per heavy atom. The summed E-state index contributed by atoms with van der Waals surface area (Å²) in [7, 11) is 0. The summed E-state index contributed by atoms with van der Waals surface area (Å²) in [6, 6.07) is 2.01. The first-order chi connectivity index (χ1) is 7.75. The van der Waals surface area contributed by atoms with Crippen LogP contribution in [-0.2, 0) is 6.42 Å². The second kappa shape index (κ2) is 5.25. The van der Waals surface area contributed by atoms with E-state index in [1.807, 2.05) is 12.3 Å². The van der Waals surface area contributed by atoms with Gasteiger partial charge in [-0.25, -0.2) is 9.97 Å². The van der Waals surface area contributed by atoms with Crippen molar-refractivity contribution in [3.8, 4) is 0 Å². The Balaban J connectivity index is 2.08. The highest BCUT2D eigenvalue weighted by Crippen LogP contribution is 2.12. The lowest BCUT2D eigenvalue weighted by molar-refractivity contribution is 0.579. The molecule has 0 amide bonds. The van der Waals surface area contributed by atoms with Crippen LogP contribution >= 0.6 is 0 Å². The molecule has 4 heteroatoms.